The zero-order valence-corrected chi connectivity index (χ0v) is 17.3. The topological polar surface area (TPSA) is 51.2 Å². The Morgan fingerprint density at radius 2 is 1.89 bits per heavy atom. The Hall–Kier alpha value is -1.44. The van der Waals surface area contributed by atoms with Crippen molar-refractivity contribution < 1.29 is 28.1 Å². The third-order valence-electron chi connectivity index (χ3n) is 5.19. The molecule has 2 aliphatic rings. The van der Waals surface area contributed by atoms with Crippen LogP contribution in [0.15, 0.2) is 12.1 Å². The molecule has 0 aromatic heterocycles. The van der Waals surface area contributed by atoms with E-state index >= 15 is 0 Å². The SMILES string of the molecule is COc1cc2c(cc1OCC(C)(F)F)CCN1C[C@@H](OC(C)(C)C)[C@H](O)C[C@H]21. The minimum Gasteiger partial charge on any atom is -0.493 e. The fourth-order valence-corrected chi connectivity index (χ4v) is 4.04. The van der Waals surface area contributed by atoms with Gasteiger partial charge in [0, 0.05) is 26.1 Å². The van der Waals surface area contributed by atoms with E-state index in [1.807, 2.05) is 26.8 Å². The van der Waals surface area contributed by atoms with E-state index in [9.17, 15) is 13.9 Å². The summed E-state index contributed by atoms with van der Waals surface area (Å²) < 4.78 is 43.2. The average molecular weight is 399 g/mol. The number of hydrogen-bond donors (Lipinski definition) is 1. The van der Waals surface area contributed by atoms with Crippen molar-refractivity contribution in [1.29, 1.82) is 0 Å². The minimum absolute atomic E-state index is 0.0501. The molecule has 28 heavy (non-hydrogen) atoms. The van der Waals surface area contributed by atoms with Gasteiger partial charge >= 0.3 is 0 Å². The van der Waals surface area contributed by atoms with Gasteiger partial charge in [-0.15, -0.1) is 0 Å². The molecule has 2 heterocycles. The summed E-state index contributed by atoms with van der Waals surface area (Å²) in [6.07, 6.45) is 0.554. The van der Waals surface area contributed by atoms with E-state index in [-0.39, 0.29) is 17.7 Å². The maximum atomic E-state index is 13.2. The number of rotatable bonds is 5. The molecule has 0 spiro atoms. The molecule has 0 unspecified atom stereocenters. The highest BCUT2D eigenvalue weighted by atomic mass is 19.3. The van der Waals surface area contributed by atoms with Gasteiger partial charge < -0.3 is 19.3 Å². The first-order chi connectivity index (χ1) is 13.0. The fraction of sp³-hybridized carbons (Fsp3) is 0.714. The van der Waals surface area contributed by atoms with Crippen LogP contribution in [0.2, 0.25) is 0 Å². The van der Waals surface area contributed by atoms with Crippen molar-refractivity contribution >= 4 is 0 Å². The van der Waals surface area contributed by atoms with Gasteiger partial charge in [0.1, 0.15) is 0 Å². The molecule has 0 radical (unpaired) electrons. The summed E-state index contributed by atoms with van der Waals surface area (Å²) in [6, 6.07) is 3.73. The lowest BCUT2D eigenvalue weighted by Gasteiger charge is -2.46. The molecule has 0 saturated carbocycles. The standard InChI is InChI=1S/C21H31F2NO4/c1-20(2,3)28-19-11-24-7-6-13-8-18(27-12-21(4,22)23)17(26-5)9-14(13)15(24)10-16(19)25/h8-9,15-16,19,25H,6-7,10-12H2,1-5H3/t15-,16-,19-/m1/s1. The number of alkyl halides is 2. The number of hydrogen-bond acceptors (Lipinski definition) is 5. The number of methoxy groups -OCH3 is 1. The molecule has 0 amide bonds. The van der Waals surface area contributed by atoms with Gasteiger partial charge in [0.25, 0.3) is 5.92 Å². The van der Waals surface area contributed by atoms with Crippen LogP contribution in [-0.2, 0) is 11.2 Å². The van der Waals surface area contributed by atoms with Crippen LogP contribution < -0.4 is 9.47 Å². The highest BCUT2D eigenvalue weighted by molar-refractivity contribution is 5.49. The Bertz CT molecular complexity index is 699. The van der Waals surface area contributed by atoms with Gasteiger partial charge in [0.2, 0.25) is 0 Å². The van der Waals surface area contributed by atoms with Crippen molar-refractivity contribution in [3.63, 3.8) is 0 Å². The molecule has 1 saturated heterocycles. The quantitative estimate of drug-likeness (QED) is 0.820. The molecular formula is C21H31F2NO4. The Balaban J connectivity index is 1.82. The van der Waals surface area contributed by atoms with Crippen LogP contribution in [0.3, 0.4) is 0 Å². The summed E-state index contributed by atoms with van der Waals surface area (Å²) >= 11 is 0. The number of aliphatic hydroxyl groups excluding tert-OH is 1. The first-order valence-corrected chi connectivity index (χ1v) is 9.78. The van der Waals surface area contributed by atoms with E-state index in [0.717, 1.165) is 31.0 Å². The average Bonchev–Trinajstić information content (AvgIpc) is 2.58. The predicted molar refractivity (Wildman–Crippen MR) is 102 cm³/mol. The van der Waals surface area contributed by atoms with E-state index in [2.05, 4.69) is 4.90 Å². The normalized spacial score (nSPS) is 25.8. The maximum Gasteiger partial charge on any atom is 0.278 e. The van der Waals surface area contributed by atoms with Gasteiger partial charge in [0.15, 0.2) is 18.1 Å². The van der Waals surface area contributed by atoms with Gasteiger partial charge in [-0.1, -0.05) is 0 Å². The molecule has 158 valence electrons. The summed E-state index contributed by atoms with van der Waals surface area (Å²) in [6.45, 7) is 7.59. The lowest BCUT2D eigenvalue weighted by molar-refractivity contribution is -0.149. The number of halogens is 2. The van der Waals surface area contributed by atoms with Crippen LogP contribution >= 0.6 is 0 Å². The van der Waals surface area contributed by atoms with Gasteiger partial charge in [-0.2, -0.15) is 0 Å². The molecular weight excluding hydrogens is 368 g/mol. The van der Waals surface area contributed by atoms with Crippen LogP contribution in [0.25, 0.3) is 0 Å². The number of piperidine rings is 1. The minimum atomic E-state index is -2.91. The van der Waals surface area contributed by atoms with E-state index in [1.54, 1.807) is 6.07 Å². The second-order valence-electron chi connectivity index (χ2n) is 8.89. The number of ether oxygens (including phenoxy) is 3. The molecule has 3 rings (SSSR count). The van der Waals surface area contributed by atoms with Gasteiger partial charge in [-0.25, -0.2) is 8.78 Å². The molecule has 2 aliphatic heterocycles. The zero-order chi connectivity index (χ0) is 20.7. The summed E-state index contributed by atoms with van der Waals surface area (Å²) in [5, 5.41) is 10.7. The van der Waals surface area contributed by atoms with Crippen molar-refractivity contribution in [3.8, 4) is 11.5 Å². The third kappa shape index (κ3) is 4.93. The molecule has 1 aromatic carbocycles. The van der Waals surface area contributed by atoms with E-state index in [0.29, 0.717) is 24.5 Å². The van der Waals surface area contributed by atoms with Crippen LogP contribution in [0, 0.1) is 0 Å². The van der Waals surface area contributed by atoms with Crippen LogP contribution in [0.4, 0.5) is 8.78 Å². The lowest BCUT2D eigenvalue weighted by Crippen LogP contribution is -2.53. The summed E-state index contributed by atoms with van der Waals surface area (Å²) in [5.41, 5.74) is 1.80. The third-order valence-corrected chi connectivity index (χ3v) is 5.19. The molecule has 1 N–H and O–H groups in total. The van der Waals surface area contributed by atoms with Crippen molar-refractivity contribution in [1.82, 2.24) is 4.90 Å². The Morgan fingerprint density at radius 1 is 1.18 bits per heavy atom. The maximum absolute atomic E-state index is 13.2. The number of aliphatic hydroxyl groups is 1. The largest absolute Gasteiger partial charge is 0.493 e. The second-order valence-corrected chi connectivity index (χ2v) is 8.89. The summed E-state index contributed by atoms with van der Waals surface area (Å²) in [7, 11) is 1.50. The van der Waals surface area contributed by atoms with Crippen molar-refractivity contribution in [2.45, 2.75) is 70.3 Å². The lowest BCUT2D eigenvalue weighted by atomic mass is 9.84. The first-order valence-electron chi connectivity index (χ1n) is 9.78. The number of fused-ring (bicyclic) bond motifs is 3. The molecule has 1 fully saturated rings. The molecule has 1 aromatic rings. The fourth-order valence-electron chi connectivity index (χ4n) is 4.04. The Labute approximate surface area is 165 Å². The highest BCUT2D eigenvalue weighted by Crippen LogP contribution is 2.42. The predicted octanol–water partition coefficient (Wildman–Crippen LogP) is 3.58. The van der Waals surface area contributed by atoms with E-state index in [1.165, 1.54) is 7.11 Å². The summed E-state index contributed by atoms with van der Waals surface area (Å²) in [5.74, 6) is -2.14. The van der Waals surface area contributed by atoms with Crippen LogP contribution in [0.1, 0.15) is 51.3 Å². The Morgan fingerprint density at radius 3 is 2.50 bits per heavy atom. The highest BCUT2D eigenvalue weighted by Gasteiger charge is 2.40. The van der Waals surface area contributed by atoms with Gasteiger partial charge in [-0.05, 0) is 56.9 Å². The van der Waals surface area contributed by atoms with E-state index < -0.39 is 18.6 Å². The molecule has 3 atom stereocenters. The smallest absolute Gasteiger partial charge is 0.278 e. The van der Waals surface area contributed by atoms with Crippen molar-refractivity contribution in [2.75, 3.05) is 26.8 Å². The Kier molecular flexibility index (Phi) is 5.90. The van der Waals surface area contributed by atoms with E-state index in [4.69, 9.17) is 14.2 Å². The second kappa shape index (κ2) is 7.76. The van der Waals surface area contributed by atoms with Crippen LogP contribution in [0.5, 0.6) is 11.5 Å². The molecule has 7 heteroatoms. The summed E-state index contributed by atoms with van der Waals surface area (Å²) in [4.78, 5) is 2.33. The number of benzene rings is 1. The van der Waals surface area contributed by atoms with Crippen molar-refractivity contribution in [2.24, 2.45) is 0 Å². The van der Waals surface area contributed by atoms with Gasteiger partial charge in [0.05, 0.1) is 24.9 Å². The first kappa shape index (κ1) is 21.3. The molecule has 5 nitrogen and oxygen atoms in total. The van der Waals surface area contributed by atoms with Gasteiger partial charge in [-0.3, -0.25) is 4.90 Å². The van der Waals surface area contributed by atoms with Crippen LogP contribution in [-0.4, -0.2) is 60.5 Å². The molecule has 0 bridgehead atoms. The number of nitrogens with zero attached hydrogens (tertiary/aromatic N) is 1. The monoisotopic (exact) mass is 399 g/mol. The van der Waals surface area contributed by atoms with Crippen molar-refractivity contribution in [3.05, 3.63) is 23.3 Å². The molecule has 0 aliphatic carbocycles. The zero-order valence-electron chi connectivity index (χ0n) is 17.3.